The third-order valence-electron chi connectivity index (χ3n) is 3.81. The number of nitrogens with zero attached hydrogens (tertiary/aromatic N) is 4. The predicted molar refractivity (Wildman–Crippen MR) is 112 cm³/mol. The van der Waals surface area contributed by atoms with E-state index in [9.17, 15) is 4.79 Å². The quantitative estimate of drug-likeness (QED) is 0.571. The standard InChI is InChI=1S/C19H16ClN5OS2/c20-15-3-1-2-4-16(15)27-12-18(26)25(11-17-23-24-19(22)28-17)10-14-7-5-13(9-21)6-8-14/h1-8H,10-12H2,(H2,22,24). The first-order valence-electron chi connectivity index (χ1n) is 8.27. The van der Waals surface area contributed by atoms with Gasteiger partial charge in [0.2, 0.25) is 11.0 Å². The number of hydrogen-bond acceptors (Lipinski definition) is 7. The van der Waals surface area contributed by atoms with Crippen LogP contribution in [-0.4, -0.2) is 26.8 Å². The maximum Gasteiger partial charge on any atom is 0.233 e. The minimum absolute atomic E-state index is 0.0527. The lowest BCUT2D eigenvalue weighted by atomic mass is 10.1. The van der Waals surface area contributed by atoms with Gasteiger partial charge in [0.1, 0.15) is 5.01 Å². The molecule has 0 radical (unpaired) electrons. The van der Waals surface area contributed by atoms with E-state index in [1.165, 1.54) is 23.1 Å². The predicted octanol–water partition coefficient (Wildman–Crippen LogP) is 3.97. The Bertz CT molecular complexity index is 1000. The van der Waals surface area contributed by atoms with Crippen LogP contribution in [0.3, 0.4) is 0 Å². The lowest BCUT2D eigenvalue weighted by molar-refractivity contribution is -0.129. The van der Waals surface area contributed by atoms with E-state index in [0.717, 1.165) is 10.5 Å². The molecule has 0 aliphatic rings. The fourth-order valence-electron chi connectivity index (χ4n) is 2.42. The van der Waals surface area contributed by atoms with Crippen molar-refractivity contribution in [3.05, 3.63) is 69.7 Å². The van der Waals surface area contributed by atoms with Crippen molar-refractivity contribution in [2.45, 2.75) is 18.0 Å². The first-order valence-corrected chi connectivity index (χ1v) is 10.4. The van der Waals surface area contributed by atoms with Crippen LogP contribution in [0.25, 0.3) is 0 Å². The number of nitrogens with two attached hydrogens (primary N) is 1. The molecule has 3 aromatic rings. The molecule has 0 aliphatic carbocycles. The van der Waals surface area contributed by atoms with Crippen molar-refractivity contribution in [1.82, 2.24) is 15.1 Å². The third kappa shape index (κ3) is 5.45. The number of halogens is 1. The number of thioether (sulfide) groups is 1. The Labute approximate surface area is 175 Å². The average Bonchev–Trinajstić information content (AvgIpc) is 3.12. The fraction of sp³-hybridized carbons (Fsp3) is 0.158. The largest absolute Gasteiger partial charge is 0.374 e. The average molecular weight is 430 g/mol. The number of aromatic nitrogens is 2. The highest BCUT2D eigenvalue weighted by Gasteiger charge is 2.18. The summed E-state index contributed by atoms with van der Waals surface area (Å²) in [6, 6.07) is 16.7. The highest BCUT2D eigenvalue weighted by molar-refractivity contribution is 8.00. The first-order chi connectivity index (χ1) is 13.5. The highest BCUT2D eigenvalue weighted by Crippen LogP contribution is 2.27. The molecule has 0 fully saturated rings. The molecule has 0 bridgehead atoms. The number of nitriles is 1. The van der Waals surface area contributed by atoms with Gasteiger partial charge in [0.05, 0.1) is 29.0 Å². The van der Waals surface area contributed by atoms with Gasteiger partial charge in [-0.3, -0.25) is 4.79 Å². The van der Waals surface area contributed by atoms with Crippen LogP contribution in [0, 0.1) is 11.3 Å². The monoisotopic (exact) mass is 429 g/mol. The molecule has 0 aliphatic heterocycles. The van der Waals surface area contributed by atoms with Crippen LogP contribution in [0.2, 0.25) is 5.02 Å². The molecule has 0 atom stereocenters. The van der Waals surface area contributed by atoms with Gasteiger partial charge in [-0.15, -0.1) is 22.0 Å². The second kappa shape index (κ2) is 9.55. The lowest BCUT2D eigenvalue weighted by Gasteiger charge is -2.21. The number of benzene rings is 2. The zero-order chi connectivity index (χ0) is 19.9. The van der Waals surface area contributed by atoms with Crippen molar-refractivity contribution in [2.75, 3.05) is 11.5 Å². The summed E-state index contributed by atoms with van der Waals surface area (Å²) in [5.74, 6) is 0.192. The van der Waals surface area contributed by atoms with E-state index in [2.05, 4.69) is 16.3 Å². The van der Waals surface area contributed by atoms with Crippen molar-refractivity contribution >= 4 is 45.7 Å². The molecule has 0 saturated heterocycles. The zero-order valence-corrected chi connectivity index (χ0v) is 17.1. The normalized spacial score (nSPS) is 10.4. The van der Waals surface area contributed by atoms with Gasteiger partial charge in [-0.05, 0) is 29.8 Å². The van der Waals surface area contributed by atoms with E-state index in [-0.39, 0.29) is 11.7 Å². The summed E-state index contributed by atoms with van der Waals surface area (Å²) in [7, 11) is 0. The molecular formula is C19H16ClN5OS2. The smallest absolute Gasteiger partial charge is 0.233 e. The maximum atomic E-state index is 12.9. The van der Waals surface area contributed by atoms with E-state index in [1.807, 2.05) is 30.3 Å². The van der Waals surface area contributed by atoms with E-state index >= 15 is 0 Å². The Hall–Kier alpha value is -2.60. The summed E-state index contributed by atoms with van der Waals surface area (Å²) in [6.45, 7) is 0.712. The van der Waals surface area contributed by atoms with Gasteiger partial charge in [0, 0.05) is 11.4 Å². The summed E-state index contributed by atoms with van der Waals surface area (Å²) >= 11 is 8.83. The van der Waals surface area contributed by atoms with Crippen LogP contribution in [-0.2, 0) is 17.9 Å². The molecule has 2 N–H and O–H groups in total. The Morgan fingerprint density at radius 1 is 1.18 bits per heavy atom. The van der Waals surface area contributed by atoms with Gasteiger partial charge in [0.25, 0.3) is 0 Å². The molecule has 1 amide bonds. The topological polar surface area (TPSA) is 95.9 Å². The first kappa shape index (κ1) is 20.1. The van der Waals surface area contributed by atoms with Gasteiger partial charge < -0.3 is 10.6 Å². The summed E-state index contributed by atoms with van der Waals surface area (Å²) in [6.07, 6.45) is 0. The SMILES string of the molecule is N#Cc1ccc(CN(Cc2nnc(N)s2)C(=O)CSc2ccccc2Cl)cc1. The molecule has 6 nitrogen and oxygen atoms in total. The fourth-order valence-corrected chi connectivity index (χ4v) is 4.19. The molecule has 9 heteroatoms. The van der Waals surface area contributed by atoms with Crippen molar-refractivity contribution in [1.29, 1.82) is 5.26 Å². The molecule has 1 heterocycles. The number of anilines is 1. The van der Waals surface area contributed by atoms with Crippen LogP contribution in [0.15, 0.2) is 53.4 Å². The summed E-state index contributed by atoms with van der Waals surface area (Å²) < 4.78 is 0. The van der Waals surface area contributed by atoms with Crippen LogP contribution in [0.4, 0.5) is 5.13 Å². The van der Waals surface area contributed by atoms with Crippen molar-refractivity contribution < 1.29 is 4.79 Å². The molecular weight excluding hydrogens is 414 g/mol. The van der Waals surface area contributed by atoms with E-state index in [0.29, 0.717) is 33.8 Å². The summed E-state index contributed by atoms with van der Waals surface area (Å²) in [5, 5.41) is 18.4. The number of carbonyl (C=O) groups is 1. The molecule has 2 aromatic carbocycles. The van der Waals surface area contributed by atoms with Crippen LogP contribution >= 0.6 is 34.7 Å². The number of nitrogen functional groups attached to an aromatic ring is 1. The van der Waals surface area contributed by atoms with Gasteiger partial charge in [0.15, 0.2) is 0 Å². The van der Waals surface area contributed by atoms with Gasteiger partial charge in [-0.1, -0.05) is 47.2 Å². The van der Waals surface area contributed by atoms with E-state index < -0.39 is 0 Å². The van der Waals surface area contributed by atoms with Crippen molar-refractivity contribution in [2.24, 2.45) is 0 Å². The Kier molecular flexibility index (Phi) is 6.87. The van der Waals surface area contributed by atoms with Crippen LogP contribution in [0.5, 0.6) is 0 Å². The van der Waals surface area contributed by atoms with Crippen molar-refractivity contribution in [3.8, 4) is 6.07 Å². The summed E-state index contributed by atoms with van der Waals surface area (Å²) in [5.41, 5.74) is 7.16. The van der Waals surface area contributed by atoms with Crippen LogP contribution in [0.1, 0.15) is 16.1 Å². The number of amides is 1. The second-order valence-electron chi connectivity index (χ2n) is 5.81. The molecule has 0 spiro atoms. The third-order valence-corrected chi connectivity index (χ3v) is 6.04. The van der Waals surface area contributed by atoms with Gasteiger partial charge >= 0.3 is 0 Å². The Morgan fingerprint density at radius 3 is 2.57 bits per heavy atom. The van der Waals surface area contributed by atoms with E-state index in [4.69, 9.17) is 22.6 Å². The molecule has 1 aromatic heterocycles. The summed E-state index contributed by atoms with van der Waals surface area (Å²) in [4.78, 5) is 15.5. The lowest BCUT2D eigenvalue weighted by Crippen LogP contribution is -2.31. The van der Waals surface area contributed by atoms with Gasteiger partial charge in [-0.25, -0.2) is 0 Å². The van der Waals surface area contributed by atoms with Gasteiger partial charge in [-0.2, -0.15) is 5.26 Å². The molecule has 28 heavy (non-hydrogen) atoms. The highest BCUT2D eigenvalue weighted by atomic mass is 35.5. The molecule has 0 saturated carbocycles. The number of hydrogen-bond donors (Lipinski definition) is 1. The Balaban J connectivity index is 1.73. The number of carbonyl (C=O) groups excluding carboxylic acids is 1. The second-order valence-corrected chi connectivity index (χ2v) is 8.33. The van der Waals surface area contributed by atoms with E-state index in [1.54, 1.807) is 23.1 Å². The maximum absolute atomic E-state index is 12.9. The minimum atomic E-state index is -0.0527. The Morgan fingerprint density at radius 2 is 1.93 bits per heavy atom. The van der Waals surface area contributed by atoms with Crippen molar-refractivity contribution in [3.63, 3.8) is 0 Å². The molecule has 0 unspecified atom stereocenters. The number of rotatable bonds is 7. The zero-order valence-electron chi connectivity index (χ0n) is 14.7. The molecule has 3 rings (SSSR count). The minimum Gasteiger partial charge on any atom is -0.374 e. The molecule has 142 valence electrons. The van der Waals surface area contributed by atoms with Crippen LogP contribution < -0.4 is 5.73 Å².